The highest BCUT2D eigenvalue weighted by Gasteiger charge is 2.31. The topological polar surface area (TPSA) is 86.6 Å². The molecule has 1 aromatic heterocycles. The quantitative estimate of drug-likeness (QED) is 0.404. The third-order valence-electron chi connectivity index (χ3n) is 6.16. The molecule has 1 unspecified atom stereocenters. The Morgan fingerprint density at radius 3 is 2.54 bits per heavy atom. The molecule has 1 N–H and O–H groups in total. The monoisotopic (exact) mass is 510 g/mol. The Morgan fingerprint density at radius 2 is 1.80 bits per heavy atom. The van der Waals surface area contributed by atoms with Crippen LogP contribution in [0.15, 0.2) is 71.8 Å². The number of fused-ring (bicyclic) bond motifs is 2. The number of nitrogens with zero attached hydrogens (tertiary/aromatic N) is 1. The number of aromatic nitrogens is 1. The van der Waals surface area contributed by atoms with E-state index in [1.54, 1.807) is 42.5 Å². The molecule has 1 atom stereocenters. The van der Waals surface area contributed by atoms with Crippen LogP contribution >= 0.6 is 11.6 Å². The summed E-state index contributed by atoms with van der Waals surface area (Å²) in [4.78, 5) is 13.7. The van der Waals surface area contributed by atoms with Crippen LogP contribution in [-0.2, 0) is 28.3 Å². The van der Waals surface area contributed by atoms with Crippen LogP contribution in [0.5, 0.6) is 11.5 Å². The van der Waals surface area contributed by atoms with Crippen LogP contribution in [0.2, 0.25) is 5.02 Å². The van der Waals surface area contributed by atoms with Crippen LogP contribution in [-0.4, -0.2) is 25.7 Å². The van der Waals surface area contributed by atoms with Crippen molar-refractivity contribution in [2.45, 2.75) is 24.2 Å². The third kappa shape index (κ3) is 4.35. The highest BCUT2D eigenvalue weighted by atomic mass is 35.5. The van der Waals surface area contributed by atoms with E-state index in [1.165, 1.54) is 12.1 Å². The van der Waals surface area contributed by atoms with Crippen molar-refractivity contribution in [2.75, 3.05) is 6.79 Å². The highest BCUT2D eigenvalue weighted by molar-refractivity contribution is 7.90. The molecule has 0 radical (unpaired) electrons. The minimum Gasteiger partial charge on any atom is -0.454 e. The van der Waals surface area contributed by atoms with Gasteiger partial charge in [-0.3, -0.25) is 4.79 Å². The first-order valence-electron chi connectivity index (χ1n) is 11.1. The molecule has 0 spiro atoms. The summed E-state index contributed by atoms with van der Waals surface area (Å²) in [6.45, 7) is 2.07. The van der Waals surface area contributed by atoms with Gasteiger partial charge in [-0.25, -0.2) is 13.1 Å². The van der Waals surface area contributed by atoms with Gasteiger partial charge in [0.1, 0.15) is 0 Å². The minimum absolute atomic E-state index is 0.0252. The van der Waals surface area contributed by atoms with Crippen LogP contribution in [0.1, 0.15) is 29.5 Å². The smallest absolute Gasteiger partial charge is 0.264 e. The molecule has 3 aromatic carbocycles. The van der Waals surface area contributed by atoms with Crippen LogP contribution < -0.4 is 14.2 Å². The van der Waals surface area contributed by atoms with Crippen molar-refractivity contribution in [2.24, 2.45) is 7.05 Å². The molecule has 1 aliphatic rings. The average molecular weight is 511 g/mol. The maximum atomic E-state index is 13.7. The predicted octanol–water partition coefficient (Wildman–Crippen LogP) is 4.76. The Hall–Kier alpha value is -3.49. The van der Waals surface area contributed by atoms with Crippen LogP contribution in [0.25, 0.3) is 10.9 Å². The van der Waals surface area contributed by atoms with E-state index >= 15 is 0 Å². The van der Waals surface area contributed by atoms with Gasteiger partial charge in [-0.15, -0.1) is 0 Å². The third-order valence-corrected chi connectivity index (χ3v) is 7.76. The molecule has 2 heterocycles. The van der Waals surface area contributed by atoms with Gasteiger partial charge < -0.3 is 14.0 Å². The van der Waals surface area contributed by atoms with E-state index in [0.29, 0.717) is 27.6 Å². The molecule has 0 saturated heterocycles. The SMILES string of the molecule is CCc1ccc(S(=O)(=O)NC(=O)C(c2ccc3c(c2)OCO3)c2cn(C)c3cc(Cl)ccc23)cc1. The summed E-state index contributed by atoms with van der Waals surface area (Å²) in [5, 5.41) is 1.35. The molecule has 0 saturated carbocycles. The lowest BCUT2D eigenvalue weighted by Gasteiger charge is -2.18. The number of halogens is 1. The van der Waals surface area contributed by atoms with Gasteiger partial charge in [-0.2, -0.15) is 0 Å². The molecule has 180 valence electrons. The lowest BCUT2D eigenvalue weighted by molar-refractivity contribution is -0.119. The standard InChI is InChI=1S/C26H23ClN2O5S/c1-3-16-4-8-19(9-5-16)35(31,32)28-26(30)25(17-6-11-23-24(12-17)34-15-33-23)21-14-29(2)22-13-18(27)7-10-20(21)22/h4-14,25H,3,15H2,1-2H3,(H,28,30). The van der Waals surface area contributed by atoms with Crippen molar-refractivity contribution in [3.8, 4) is 11.5 Å². The van der Waals surface area contributed by atoms with Gasteiger partial charge in [0.2, 0.25) is 12.7 Å². The number of carbonyl (C=O) groups excluding carboxylic acids is 1. The Bertz CT molecular complexity index is 1540. The summed E-state index contributed by atoms with van der Waals surface area (Å²) in [6, 6.07) is 17.0. The summed E-state index contributed by atoms with van der Waals surface area (Å²) < 4.78 is 41.3. The molecule has 1 aliphatic heterocycles. The maximum Gasteiger partial charge on any atom is 0.264 e. The molecule has 0 fully saturated rings. The highest BCUT2D eigenvalue weighted by Crippen LogP contribution is 2.39. The number of nitrogens with one attached hydrogen (secondary N) is 1. The van der Waals surface area contributed by atoms with E-state index in [-0.39, 0.29) is 11.7 Å². The van der Waals surface area contributed by atoms with Crippen molar-refractivity contribution in [3.63, 3.8) is 0 Å². The molecule has 35 heavy (non-hydrogen) atoms. The molecular weight excluding hydrogens is 488 g/mol. The molecule has 5 rings (SSSR count). The van der Waals surface area contributed by atoms with Gasteiger partial charge in [-0.1, -0.05) is 42.8 Å². The van der Waals surface area contributed by atoms with E-state index in [0.717, 1.165) is 22.9 Å². The van der Waals surface area contributed by atoms with Crippen molar-refractivity contribution >= 4 is 38.4 Å². The normalized spacial score (nSPS) is 13.7. The first kappa shape index (κ1) is 23.3. The fourth-order valence-corrected chi connectivity index (χ4v) is 5.50. The number of amides is 1. The van der Waals surface area contributed by atoms with Crippen molar-refractivity contribution < 1.29 is 22.7 Å². The molecule has 7 nitrogen and oxygen atoms in total. The Balaban J connectivity index is 1.59. The lowest BCUT2D eigenvalue weighted by atomic mass is 9.90. The Kier molecular flexibility index (Phi) is 5.94. The number of hydrogen-bond acceptors (Lipinski definition) is 5. The van der Waals surface area contributed by atoms with Crippen molar-refractivity contribution in [3.05, 3.63) is 88.6 Å². The van der Waals surface area contributed by atoms with E-state index in [9.17, 15) is 13.2 Å². The van der Waals surface area contributed by atoms with Crippen LogP contribution in [0.4, 0.5) is 0 Å². The Labute approximate surface area is 208 Å². The van der Waals surface area contributed by atoms with Gasteiger partial charge in [0.25, 0.3) is 10.0 Å². The van der Waals surface area contributed by atoms with Gasteiger partial charge in [0.15, 0.2) is 11.5 Å². The molecule has 0 aliphatic carbocycles. The van der Waals surface area contributed by atoms with Crippen molar-refractivity contribution in [1.29, 1.82) is 0 Å². The zero-order valence-electron chi connectivity index (χ0n) is 19.1. The number of ether oxygens (including phenoxy) is 2. The first-order chi connectivity index (χ1) is 16.8. The lowest BCUT2D eigenvalue weighted by Crippen LogP contribution is -2.35. The second-order valence-corrected chi connectivity index (χ2v) is 10.5. The largest absolute Gasteiger partial charge is 0.454 e. The summed E-state index contributed by atoms with van der Waals surface area (Å²) in [6.07, 6.45) is 2.60. The fraction of sp³-hybridized carbons (Fsp3) is 0.192. The number of sulfonamides is 1. The number of rotatable bonds is 6. The number of aryl methyl sites for hydroxylation is 2. The van der Waals surface area contributed by atoms with Gasteiger partial charge >= 0.3 is 0 Å². The van der Waals surface area contributed by atoms with Crippen LogP contribution in [0, 0.1) is 0 Å². The summed E-state index contributed by atoms with van der Waals surface area (Å²) in [7, 11) is -2.24. The zero-order chi connectivity index (χ0) is 24.7. The number of benzene rings is 3. The van der Waals surface area contributed by atoms with E-state index < -0.39 is 21.8 Å². The fourth-order valence-electron chi connectivity index (χ4n) is 4.34. The van der Waals surface area contributed by atoms with E-state index in [1.807, 2.05) is 30.8 Å². The first-order valence-corrected chi connectivity index (χ1v) is 12.9. The molecule has 9 heteroatoms. The molecule has 4 aromatic rings. The zero-order valence-corrected chi connectivity index (χ0v) is 20.7. The number of carbonyl (C=O) groups is 1. The van der Waals surface area contributed by atoms with Gasteiger partial charge in [0.05, 0.1) is 10.8 Å². The second-order valence-electron chi connectivity index (χ2n) is 8.37. The average Bonchev–Trinajstić information content (AvgIpc) is 3.43. The minimum atomic E-state index is -4.09. The summed E-state index contributed by atoms with van der Waals surface area (Å²) >= 11 is 6.20. The van der Waals surface area contributed by atoms with E-state index in [2.05, 4.69) is 4.72 Å². The summed E-state index contributed by atoms with van der Waals surface area (Å²) in [5.41, 5.74) is 3.05. The predicted molar refractivity (Wildman–Crippen MR) is 133 cm³/mol. The number of hydrogen-bond donors (Lipinski definition) is 1. The van der Waals surface area contributed by atoms with E-state index in [4.69, 9.17) is 21.1 Å². The maximum absolute atomic E-state index is 13.7. The van der Waals surface area contributed by atoms with Gasteiger partial charge in [-0.05, 0) is 59.5 Å². The molecule has 0 bridgehead atoms. The van der Waals surface area contributed by atoms with Gasteiger partial charge in [0, 0.05) is 29.2 Å². The Morgan fingerprint density at radius 1 is 1.06 bits per heavy atom. The van der Waals surface area contributed by atoms with Crippen LogP contribution in [0.3, 0.4) is 0 Å². The van der Waals surface area contributed by atoms with Crippen molar-refractivity contribution in [1.82, 2.24) is 9.29 Å². The molecule has 1 amide bonds. The summed E-state index contributed by atoms with van der Waals surface area (Å²) in [5.74, 6) is -0.534. The second kappa shape index (κ2) is 8.94. The molecular formula is C26H23ClN2O5S.